The van der Waals surface area contributed by atoms with Crippen LogP contribution in [0.5, 0.6) is 0 Å². The van der Waals surface area contributed by atoms with Crippen molar-refractivity contribution in [1.82, 2.24) is 14.9 Å². The number of sulfonamides is 1. The molecule has 0 spiro atoms. The summed E-state index contributed by atoms with van der Waals surface area (Å²) < 4.78 is 27.0. The van der Waals surface area contributed by atoms with Gasteiger partial charge in [-0.05, 0) is 51.1 Å². The Hall–Kier alpha value is -1.15. The first-order valence-electron chi connectivity index (χ1n) is 7.57. The minimum Gasteiger partial charge on any atom is -0.341 e. The van der Waals surface area contributed by atoms with Crippen LogP contribution in [0.1, 0.15) is 19.8 Å². The molecule has 0 saturated carbocycles. The highest BCUT2D eigenvalue weighted by Gasteiger charge is 2.28. The molecule has 1 aliphatic rings. The molecular formula is C15H22ClN3O3S. The van der Waals surface area contributed by atoms with E-state index in [4.69, 9.17) is 11.6 Å². The van der Waals surface area contributed by atoms with Gasteiger partial charge in [0.05, 0.1) is 10.9 Å². The Bertz CT molecular complexity index is 640. The van der Waals surface area contributed by atoms with E-state index in [9.17, 15) is 13.2 Å². The third-order valence-electron chi connectivity index (χ3n) is 4.04. The van der Waals surface area contributed by atoms with Gasteiger partial charge in [0.2, 0.25) is 15.9 Å². The van der Waals surface area contributed by atoms with Crippen LogP contribution in [-0.2, 0) is 14.8 Å². The summed E-state index contributed by atoms with van der Waals surface area (Å²) in [6, 6.07) is 5.46. The summed E-state index contributed by atoms with van der Waals surface area (Å²) in [5.74, 6) is -0.197. The van der Waals surface area contributed by atoms with Gasteiger partial charge < -0.3 is 10.2 Å². The molecule has 1 saturated heterocycles. The van der Waals surface area contributed by atoms with E-state index in [0.717, 1.165) is 12.8 Å². The molecule has 1 heterocycles. The molecule has 1 aromatic rings. The first-order valence-corrected chi connectivity index (χ1v) is 9.43. The van der Waals surface area contributed by atoms with E-state index in [-0.39, 0.29) is 10.8 Å². The number of hydrogen-bond donors (Lipinski definition) is 2. The number of carbonyl (C=O) groups is 1. The normalized spacial score (nSPS) is 18.0. The predicted molar refractivity (Wildman–Crippen MR) is 89.9 cm³/mol. The Morgan fingerprint density at radius 2 is 1.83 bits per heavy atom. The lowest BCUT2D eigenvalue weighted by Crippen LogP contribution is -2.51. The van der Waals surface area contributed by atoms with E-state index in [2.05, 4.69) is 10.0 Å². The Kier molecular flexibility index (Phi) is 6.02. The maximum absolute atomic E-state index is 12.4. The lowest BCUT2D eigenvalue weighted by atomic mass is 10.0. The molecule has 1 fully saturated rings. The molecule has 0 aromatic heterocycles. The molecule has 23 heavy (non-hydrogen) atoms. The quantitative estimate of drug-likeness (QED) is 0.828. The van der Waals surface area contributed by atoms with Crippen molar-refractivity contribution in [3.8, 4) is 0 Å². The van der Waals surface area contributed by atoms with Crippen molar-refractivity contribution >= 4 is 27.5 Å². The molecular weight excluding hydrogens is 338 g/mol. The van der Waals surface area contributed by atoms with Gasteiger partial charge in [0.1, 0.15) is 0 Å². The van der Waals surface area contributed by atoms with Crippen LogP contribution in [-0.4, -0.2) is 51.4 Å². The molecule has 1 aromatic carbocycles. The van der Waals surface area contributed by atoms with Crippen LogP contribution in [0.4, 0.5) is 0 Å². The summed E-state index contributed by atoms with van der Waals surface area (Å²) >= 11 is 5.76. The van der Waals surface area contributed by atoms with Crippen LogP contribution in [0.25, 0.3) is 0 Å². The summed E-state index contributed by atoms with van der Waals surface area (Å²) in [6.07, 6.45) is 1.75. The number of carbonyl (C=O) groups excluding carboxylic acids is 1. The average molecular weight is 360 g/mol. The Labute approximate surface area is 142 Å². The fourth-order valence-corrected chi connectivity index (χ4v) is 3.95. The molecule has 1 aliphatic heterocycles. The van der Waals surface area contributed by atoms with Crippen molar-refractivity contribution in [3.63, 3.8) is 0 Å². The first-order chi connectivity index (χ1) is 10.8. The third-order valence-corrected chi connectivity index (χ3v) is 5.85. The average Bonchev–Trinajstić information content (AvgIpc) is 2.54. The Morgan fingerprint density at radius 1 is 1.26 bits per heavy atom. The first kappa shape index (κ1) is 18.2. The van der Waals surface area contributed by atoms with Crippen molar-refractivity contribution in [1.29, 1.82) is 0 Å². The Morgan fingerprint density at radius 3 is 2.35 bits per heavy atom. The van der Waals surface area contributed by atoms with Gasteiger partial charge in [-0.25, -0.2) is 8.42 Å². The lowest BCUT2D eigenvalue weighted by molar-refractivity contribution is -0.133. The van der Waals surface area contributed by atoms with E-state index in [1.807, 2.05) is 7.05 Å². The minimum atomic E-state index is -3.74. The third kappa shape index (κ3) is 4.67. The number of amides is 1. The Balaban J connectivity index is 1.99. The van der Waals surface area contributed by atoms with Crippen LogP contribution in [0, 0.1) is 0 Å². The number of benzene rings is 1. The maximum Gasteiger partial charge on any atom is 0.241 e. The van der Waals surface area contributed by atoms with E-state index < -0.39 is 16.1 Å². The molecule has 128 valence electrons. The number of nitrogens with zero attached hydrogens (tertiary/aromatic N) is 1. The van der Waals surface area contributed by atoms with Crippen LogP contribution in [0.3, 0.4) is 0 Å². The van der Waals surface area contributed by atoms with E-state index >= 15 is 0 Å². The SMILES string of the molecule is CNC1CCN(C(=O)C(C)NS(=O)(=O)c2ccc(Cl)cc2)CC1. The summed E-state index contributed by atoms with van der Waals surface area (Å²) in [6.45, 7) is 2.84. The van der Waals surface area contributed by atoms with Gasteiger partial charge in [0.25, 0.3) is 0 Å². The van der Waals surface area contributed by atoms with Gasteiger partial charge in [-0.1, -0.05) is 11.6 Å². The van der Waals surface area contributed by atoms with E-state index in [1.54, 1.807) is 11.8 Å². The number of nitrogens with one attached hydrogen (secondary N) is 2. The lowest BCUT2D eigenvalue weighted by Gasteiger charge is -2.33. The van der Waals surface area contributed by atoms with Gasteiger partial charge in [0, 0.05) is 24.2 Å². The van der Waals surface area contributed by atoms with Crippen molar-refractivity contribution in [2.24, 2.45) is 0 Å². The second-order valence-corrected chi connectivity index (χ2v) is 7.84. The van der Waals surface area contributed by atoms with Crippen molar-refractivity contribution in [2.75, 3.05) is 20.1 Å². The highest BCUT2D eigenvalue weighted by Crippen LogP contribution is 2.15. The van der Waals surface area contributed by atoms with Crippen LogP contribution >= 0.6 is 11.6 Å². The molecule has 8 heteroatoms. The van der Waals surface area contributed by atoms with Gasteiger partial charge in [-0.2, -0.15) is 4.72 Å². The largest absolute Gasteiger partial charge is 0.341 e. The van der Waals surface area contributed by atoms with Crippen LogP contribution in [0.2, 0.25) is 5.02 Å². The maximum atomic E-state index is 12.4. The fraction of sp³-hybridized carbons (Fsp3) is 0.533. The summed E-state index contributed by atoms with van der Waals surface area (Å²) in [4.78, 5) is 14.2. The molecule has 1 amide bonds. The monoisotopic (exact) mass is 359 g/mol. The van der Waals surface area contributed by atoms with E-state index in [1.165, 1.54) is 24.3 Å². The fourth-order valence-electron chi connectivity index (χ4n) is 2.63. The number of rotatable bonds is 5. The molecule has 0 bridgehead atoms. The highest BCUT2D eigenvalue weighted by atomic mass is 35.5. The smallest absolute Gasteiger partial charge is 0.241 e. The standard InChI is InChI=1S/C15H22ClN3O3S/c1-11(15(20)19-9-7-13(17-2)8-10-19)18-23(21,22)14-5-3-12(16)4-6-14/h3-6,11,13,17-18H,7-10H2,1-2H3. The molecule has 1 atom stereocenters. The zero-order valence-electron chi connectivity index (χ0n) is 13.3. The number of likely N-dealkylation sites (tertiary alicyclic amines) is 1. The van der Waals surface area contributed by atoms with Crippen molar-refractivity contribution in [3.05, 3.63) is 29.3 Å². The zero-order chi connectivity index (χ0) is 17.0. The van der Waals surface area contributed by atoms with E-state index in [0.29, 0.717) is 24.2 Å². The summed E-state index contributed by atoms with van der Waals surface area (Å²) in [5.41, 5.74) is 0. The zero-order valence-corrected chi connectivity index (χ0v) is 14.8. The van der Waals surface area contributed by atoms with Gasteiger partial charge in [-0.15, -0.1) is 0 Å². The highest BCUT2D eigenvalue weighted by molar-refractivity contribution is 7.89. The summed E-state index contributed by atoms with van der Waals surface area (Å²) in [7, 11) is -1.84. The second kappa shape index (κ2) is 7.61. The molecule has 2 N–H and O–H groups in total. The number of hydrogen-bond acceptors (Lipinski definition) is 4. The van der Waals surface area contributed by atoms with Crippen LogP contribution in [0.15, 0.2) is 29.2 Å². The van der Waals surface area contributed by atoms with Crippen LogP contribution < -0.4 is 10.0 Å². The predicted octanol–water partition coefficient (Wildman–Crippen LogP) is 1.22. The topological polar surface area (TPSA) is 78.5 Å². The molecule has 0 radical (unpaired) electrons. The summed E-state index contributed by atoms with van der Waals surface area (Å²) in [5, 5.41) is 3.66. The van der Waals surface area contributed by atoms with Gasteiger partial charge in [0.15, 0.2) is 0 Å². The van der Waals surface area contributed by atoms with Crippen molar-refractivity contribution < 1.29 is 13.2 Å². The molecule has 0 aliphatic carbocycles. The minimum absolute atomic E-state index is 0.0930. The molecule has 2 rings (SSSR count). The molecule has 6 nitrogen and oxygen atoms in total. The van der Waals surface area contributed by atoms with Gasteiger partial charge >= 0.3 is 0 Å². The number of halogens is 1. The number of piperidine rings is 1. The van der Waals surface area contributed by atoms with Gasteiger partial charge in [-0.3, -0.25) is 4.79 Å². The molecule has 1 unspecified atom stereocenters. The second-order valence-electron chi connectivity index (χ2n) is 5.69. The van der Waals surface area contributed by atoms with Crippen molar-refractivity contribution in [2.45, 2.75) is 36.7 Å².